The summed E-state index contributed by atoms with van der Waals surface area (Å²) in [6.45, 7) is -0.0113. The van der Waals surface area contributed by atoms with E-state index in [1.54, 1.807) is 39.7 Å². The number of morpholine rings is 1. The van der Waals surface area contributed by atoms with E-state index < -0.39 is 36.2 Å². The molecule has 1 saturated heterocycles. The van der Waals surface area contributed by atoms with Crippen LogP contribution in [0.25, 0.3) is 0 Å². The molecule has 4 heterocycles. The quantitative estimate of drug-likeness (QED) is 0.338. The zero-order valence-corrected chi connectivity index (χ0v) is 22.9. The summed E-state index contributed by atoms with van der Waals surface area (Å²) in [4.78, 5) is 41.5. The van der Waals surface area contributed by atoms with Gasteiger partial charge in [-0.2, -0.15) is 0 Å². The predicted octanol–water partition coefficient (Wildman–Crippen LogP) is 3.78. The Labute approximate surface area is 238 Å². The molecular weight excluding hydrogens is 553 g/mol. The van der Waals surface area contributed by atoms with Crippen molar-refractivity contribution in [1.82, 2.24) is 9.58 Å². The van der Waals surface area contributed by atoms with Gasteiger partial charge in [0.1, 0.15) is 12.0 Å². The number of pyridine rings is 1. The highest BCUT2D eigenvalue weighted by molar-refractivity contribution is 7.98. The van der Waals surface area contributed by atoms with Crippen LogP contribution in [-0.2, 0) is 20.0 Å². The first-order valence-electron chi connectivity index (χ1n) is 13.2. The highest BCUT2D eigenvalue weighted by Crippen LogP contribution is 2.48. The van der Waals surface area contributed by atoms with Gasteiger partial charge in [-0.25, -0.2) is 9.18 Å². The Kier molecular flexibility index (Phi) is 6.20. The van der Waals surface area contributed by atoms with Crippen molar-refractivity contribution in [1.29, 1.82) is 0 Å². The minimum absolute atomic E-state index is 0.0120. The number of ether oxygens (including phenoxy) is 4. The fourth-order valence-corrected chi connectivity index (χ4v) is 6.97. The van der Waals surface area contributed by atoms with Crippen molar-refractivity contribution in [2.75, 3.05) is 32.1 Å². The molecule has 1 spiro atoms. The van der Waals surface area contributed by atoms with E-state index in [2.05, 4.69) is 4.74 Å². The first kappa shape index (κ1) is 25.9. The zero-order chi connectivity index (χ0) is 28.3. The summed E-state index contributed by atoms with van der Waals surface area (Å²) in [5.41, 5.74) is 1.77. The molecule has 1 saturated carbocycles. The third-order valence-electron chi connectivity index (χ3n) is 8.02. The number of thioether (sulfide) groups is 1. The second-order valence-electron chi connectivity index (χ2n) is 10.4. The third-order valence-corrected chi connectivity index (χ3v) is 9.16. The molecule has 0 N–H and O–H groups in total. The number of hydrogen-bond donors (Lipinski definition) is 0. The van der Waals surface area contributed by atoms with E-state index in [-0.39, 0.29) is 29.8 Å². The lowest BCUT2D eigenvalue weighted by molar-refractivity contribution is -0.0792. The van der Waals surface area contributed by atoms with Crippen LogP contribution in [0.4, 0.5) is 9.18 Å². The van der Waals surface area contributed by atoms with Gasteiger partial charge in [-0.15, -0.1) is 11.8 Å². The van der Waals surface area contributed by atoms with Crippen molar-refractivity contribution < 1.29 is 32.9 Å². The molecule has 3 aliphatic heterocycles. The van der Waals surface area contributed by atoms with Crippen molar-refractivity contribution in [2.45, 2.75) is 41.3 Å². The molecule has 0 radical (unpaired) electrons. The van der Waals surface area contributed by atoms with Gasteiger partial charge in [0, 0.05) is 22.9 Å². The van der Waals surface area contributed by atoms with Crippen LogP contribution in [0, 0.1) is 5.82 Å². The van der Waals surface area contributed by atoms with Crippen LogP contribution in [0.3, 0.4) is 0 Å². The molecule has 2 fully saturated rings. The summed E-state index contributed by atoms with van der Waals surface area (Å²) < 4.78 is 37.4. The van der Waals surface area contributed by atoms with Gasteiger partial charge in [0.05, 0.1) is 31.9 Å². The van der Waals surface area contributed by atoms with Crippen LogP contribution in [0.1, 0.15) is 46.1 Å². The van der Waals surface area contributed by atoms with Crippen LogP contribution in [0.15, 0.2) is 64.4 Å². The normalized spacial score (nSPS) is 21.7. The molecule has 2 atom stereocenters. The summed E-state index contributed by atoms with van der Waals surface area (Å²) in [7, 11) is 1.15. The van der Waals surface area contributed by atoms with E-state index in [1.165, 1.54) is 12.1 Å². The average molecular weight is 580 g/mol. The summed E-state index contributed by atoms with van der Waals surface area (Å²) in [6.07, 6.45) is 1.72. The Morgan fingerprint density at radius 2 is 1.98 bits per heavy atom. The van der Waals surface area contributed by atoms with E-state index in [0.717, 1.165) is 41.5 Å². The van der Waals surface area contributed by atoms with Gasteiger partial charge in [0.15, 0.2) is 5.69 Å². The van der Waals surface area contributed by atoms with Gasteiger partial charge in [-0.3, -0.25) is 19.3 Å². The number of halogens is 1. The third kappa shape index (κ3) is 4.32. The molecule has 1 aliphatic carbocycles. The van der Waals surface area contributed by atoms with Gasteiger partial charge < -0.3 is 23.8 Å². The number of fused-ring (bicyclic) bond motifs is 4. The highest BCUT2D eigenvalue weighted by atomic mass is 32.2. The monoisotopic (exact) mass is 579 g/mol. The molecule has 2 aromatic carbocycles. The van der Waals surface area contributed by atoms with Crippen molar-refractivity contribution in [3.63, 3.8) is 0 Å². The van der Waals surface area contributed by atoms with Gasteiger partial charge in [-0.05, 0) is 47.7 Å². The molecule has 1 aromatic heterocycles. The van der Waals surface area contributed by atoms with Crippen LogP contribution < -0.4 is 15.2 Å². The van der Waals surface area contributed by atoms with E-state index in [1.807, 2.05) is 29.3 Å². The molecule has 41 heavy (non-hydrogen) atoms. The van der Waals surface area contributed by atoms with Crippen molar-refractivity contribution in [3.05, 3.63) is 93.2 Å². The summed E-state index contributed by atoms with van der Waals surface area (Å²) in [6, 6.07) is 13.6. The first-order valence-corrected chi connectivity index (χ1v) is 14.2. The zero-order valence-electron chi connectivity index (χ0n) is 22.1. The first-order chi connectivity index (χ1) is 19.9. The lowest BCUT2D eigenvalue weighted by Crippen LogP contribution is -2.68. The lowest BCUT2D eigenvalue weighted by atomic mass is 9.93. The molecule has 0 unspecified atom stereocenters. The number of aromatic nitrogens is 1. The number of benzene rings is 2. The summed E-state index contributed by atoms with van der Waals surface area (Å²) >= 11 is 1.62. The molecule has 1 amide bonds. The maximum Gasteiger partial charge on any atom is 0.510 e. The fraction of sp³-hybridized carbons (Fsp3) is 0.345. The van der Waals surface area contributed by atoms with E-state index in [0.29, 0.717) is 12.3 Å². The Morgan fingerprint density at radius 1 is 1.15 bits per heavy atom. The van der Waals surface area contributed by atoms with E-state index >= 15 is 0 Å². The predicted molar refractivity (Wildman–Crippen MR) is 145 cm³/mol. The molecule has 10 nitrogen and oxygen atoms in total. The van der Waals surface area contributed by atoms with Gasteiger partial charge in [0.25, 0.3) is 5.91 Å². The average Bonchev–Trinajstić information content (AvgIpc) is 3.76. The Morgan fingerprint density at radius 3 is 2.78 bits per heavy atom. The molecule has 212 valence electrons. The topological polar surface area (TPSA) is 99.5 Å². The SMILES string of the molecule is COC(=O)OCOc1c2n(ccc1=O)N([C@H]1c3ccc(F)cc3CSc3ccccc31)[C@@H]1COC3(CC3)CN1C2=O. The largest absolute Gasteiger partial charge is 0.510 e. The number of carbonyl (C=O) groups excluding carboxylic acids is 2. The summed E-state index contributed by atoms with van der Waals surface area (Å²) in [5, 5.41) is 2.01. The van der Waals surface area contributed by atoms with Crippen LogP contribution in [0.2, 0.25) is 0 Å². The maximum atomic E-state index is 14.5. The Balaban J connectivity index is 1.43. The smallest absolute Gasteiger partial charge is 0.451 e. The Hall–Kier alpha value is -4.03. The number of carbonyl (C=O) groups is 2. The number of rotatable bonds is 4. The fourth-order valence-electron chi connectivity index (χ4n) is 5.89. The molecule has 7 rings (SSSR count). The number of hydrogen-bond acceptors (Lipinski definition) is 9. The van der Waals surface area contributed by atoms with Gasteiger partial charge in [-0.1, -0.05) is 24.3 Å². The van der Waals surface area contributed by atoms with Crippen LogP contribution in [-0.4, -0.2) is 60.5 Å². The molecule has 3 aromatic rings. The van der Waals surface area contributed by atoms with Gasteiger partial charge >= 0.3 is 6.16 Å². The standard InChI is InChI=1S/C29H26FN3O7S/c1-37-28(36)39-16-38-26-21(34)8-11-32-25(26)27(35)31-15-29(9-10-29)40-13-23(31)33(32)24-19-7-6-18(30)12-17(19)14-41-22-5-3-2-4-20(22)24/h2-8,11-12,23-24H,9-10,13-16H2,1H3/t23-,24+/m1/s1. The van der Waals surface area contributed by atoms with Crippen LogP contribution >= 0.6 is 11.8 Å². The van der Waals surface area contributed by atoms with Crippen LogP contribution in [0.5, 0.6) is 5.75 Å². The molecule has 0 bridgehead atoms. The van der Waals surface area contributed by atoms with Gasteiger partial charge in [0.2, 0.25) is 18.0 Å². The lowest BCUT2D eigenvalue weighted by Gasteiger charge is -2.53. The maximum absolute atomic E-state index is 14.5. The number of methoxy groups -OCH3 is 1. The molecule has 4 aliphatic rings. The van der Waals surface area contributed by atoms with Crippen molar-refractivity contribution in [2.24, 2.45) is 0 Å². The number of amides is 1. The van der Waals surface area contributed by atoms with E-state index in [9.17, 15) is 18.8 Å². The molecule has 12 heteroatoms. The minimum atomic E-state index is -0.983. The molecular formula is C29H26FN3O7S. The Bertz CT molecular complexity index is 1620. The highest BCUT2D eigenvalue weighted by Gasteiger charge is 2.55. The second kappa shape index (κ2) is 9.81. The second-order valence-corrected chi connectivity index (χ2v) is 11.4. The number of nitrogens with zero attached hydrogens (tertiary/aromatic N) is 3. The van der Waals surface area contributed by atoms with Crippen molar-refractivity contribution in [3.8, 4) is 5.75 Å². The van der Waals surface area contributed by atoms with E-state index in [4.69, 9.17) is 14.2 Å². The van der Waals surface area contributed by atoms with Crippen molar-refractivity contribution >= 4 is 23.8 Å². The summed E-state index contributed by atoms with van der Waals surface area (Å²) in [5.74, 6) is -0.386. The minimum Gasteiger partial charge on any atom is -0.451 e.